The minimum Gasteiger partial charge on any atom is -0.280 e. The highest BCUT2D eigenvalue weighted by Crippen LogP contribution is 2.20. The first-order chi connectivity index (χ1) is 12.9. The molecule has 3 rings (SSSR count). The van der Waals surface area contributed by atoms with E-state index >= 15 is 0 Å². The van der Waals surface area contributed by atoms with Crippen LogP contribution in [0.25, 0.3) is 0 Å². The van der Waals surface area contributed by atoms with Crippen LogP contribution in [-0.4, -0.2) is 20.0 Å². The van der Waals surface area contributed by atoms with Crippen LogP contribution in [0.3, 0.4) is 0 Å². The summed E-state index contributed by atoms with van der Waals surface area (Å²) in [6.07, 6.45) is 5.12. The Bertz CT molecular complexity index is 966. The summed E-state index contributed by atoms with van der Waals surface area (Å²) in [5.41, 5.74) is 4.07. The molecule has 1 aliphatic carbocycles. The average Bonchev–Trinajstić information content (AvgIpc) is 2.67. The van der Waals surface area contributed by atoms with Crippen molar-refractivity contribution in [2.24, 2.45) is 5.10 Å². The van der Waals surface area contributed by atoms with Gasteiger partial charge in [-0.15, -0.1) is 0 Å². The van der Waals surface area contributed by atoms with Gasteiger partial charge in [0.25, 0.3) is 15.9 Å². The molecule has 2 aromatic carbocycles. The Hall–Kier alpha value is -2.38. The van der Waals surface area contributed by atoms with Crippen LogP contribution >= 0.6 is 11.6 Å². The normalized spacial score (nSPS) is 14.5. The topological polar surface area (TPSA) is 87.6 Å². The maximum absolute atomic E-state index is 12.6. The molecule has 142 valence electrons. The lowest BCUT2D eigenvalue weighted by molar-refractivity contribution is 0.0954. The first-order valence-corrected chi connectivity index (χ1v) is 10.5. The number of carbonyl (C=O) groups excluding carboxylic acids is 1. The number of nitrogens with zero attached hydrogens (tertiary/aromatic N) is 1. The number of anilines is 1. The largest absolute Gasteiger partial charge is 0.280 e. The zero-order valence-corrected chi connectivity index (χ0v) is 16.2. The monoisotopic (exact) mass is 405 g/mol. The molecule has 0 bridgehead atoms. The summed E-state index contributed by atoms with van der Waals surface area (Å²) >= 11 is 5.89. The molecule has 8 heteroatoms. The molecule has 0 spiro atoms. The van der Waals surface area contributed by atoms with Crippen LogP contribution in [0, 0.1) is 0 Å². The van der Waals surface area contributed by atoms with Crippen molar-refractivity contribution in [3.05, 3.63) is 59.1 Å². The molecule has 1 aliphatic rings. The van der Waals surface area contributed by atoms with Crippen LogP contribution in [0.5, 0.6) is 0 Å². The molecule has 27 heavy (non-hydrogen) atoms. The zero-order valence-electron chi connectivity index (χ0n) is 14.6. The maximum atomic E-state index is 12.6. The van der Waals surface area contributed by atoms with Gasteiger partial charge in [-0.3, -0.25) is 9.52 Å². The van der Waals surface area contributed by atoms with E-state index in [2.05, 4.69) is 15.2 Å². The summed E-state index contributed by atoms with van der Waals surface area (Å²) < 4.78 is 27.6. The summed E-state index contributed by atoms with van der Waals surface area (Å²) in [4.78, 5) is 12.3. The van der Waals surface area contributed by atoms with Gasteiger partial charge in [0, 0.05) is 16.3 Å². The van der Waals surface area contributed by atoms with Crippen molar-refractivity contribution in [2.45, 2.75) is 37.0 Å². The number of rotatable bonds is 5. The van der Waals surface area contributed by atoms with Crippen molar-refractivity contribution in [3.63, 3.8) is 0 Å². The van der Waals surface area contributed by atoms with E-state index < -0.39 is 15.9 Å². The average molecular weight is 406 g/mol. The van der Waals surface area contributed by atoms with Crippen molar-refractivity contribution < 1.29 is 13.2 Å². The second-order valence-electron chi connectivity index (χ2n) is 6.32. The van der Waals surface area contributed by atoms with E-state index in [1.54, 1.807) is 24.3 Å². The third kappa shape index (κ3) is 5.30. The van der Waals surface area contributed by atoms with Crippen LogP contribution in [0.1, 0.15) is 42.5 Å². The van der Waals surface area contributed by atoms with E-state index in [1.807, 2.05) is 0 Å². The molecular formula is C19H20ClN3O3S. The highest BCUT2D eigenvalue weighted by atomic mass is 35.5. The maximum Gasteiger partial charge on any atom is 0.271 e. The molecule has 1 amide bonds. The molecule has 0 aromatic heterocycles. The SMILES string of the molecule is O=C(NN=C1CCCCC1)c1cccc(S(=O)(=O)Nc2cccc(Cl)c2)c1. The number of hydrogen-bond donors (Lipinski definition) is 2. The van der Waals surface area contributed by atoms with Gasteiger partial charge < -0.3 is 0 Å². The standard InChI is InChI=1S/C19H20ClN3O3S/c20-15-7-5-10-17(13-15)23-27(25,26)18-11-4-6-14(12-18)19(24)22-21-16-8-2-1-3-9-16/h4-7,10-13,23H,1-3,8-9H2,(H,22,24). The Balaban J connectivity index is 1.74. The molecule has 0 heterocycles. The molecule has 0 atom stereocenters. The Morgan fingerprint density at radius 1 is 1.00 bits per heavy atom. The van der Waals surface area contributed by atoms with Gasteiger partial charge in [-0.25, -0.2) is 13.8 Å². The fourth-order valence-electron chi connectivity index (χ4n) is 2.84. The molecule has 0 saturated heterocycles. The molecule has 1 saturated carbocycles. The number of hydrogen-bond acceptors (Lipinski definition) is 4. The lowest BCUT2D eigenvalue weighted by atomic mass is 9.99. The van der Waals surface area contributed by atoms with Crippen LogP contribution in [0.4, 0.5) is 5.69 Å². The first-order valence-electron chi connectivity index (χ1n) is 8.68. The Kier molecular flexibility index (Phi) is 6.13. The van der Waals surface area contributed by atoms with Gasteiger partial charge in [0.15, 0.2) is 0 Å². The van der Waals surface area contributed by atoms with Crippen molar-refractivity contribution in [1.29, 1.82) is 0 Å². The van der Waals surface area contributed by atoms with E-state index in [4.69, 9.17) is 11.6 Å². The molecule has 0 unspecified atom stereocenters. The third-order valence-electron chi connectivity index (χ3n) is 4.23. The Labute approximate surface area is 163 Å². The summed E-state index contributed by atoms with van der Waals surface area (Å²) in [7, 11) is -3.85. The highest BCUT2D eigenvalue weighted by molar-refractivity contribution is 7.92. The van der Waals surface area contributed by atoms with E-state index in [1.165, 1.54) is 30.7 Å². The number of nitrogens with one attached hydrogen (secondary N) is 2. The van der Waals surface area contributed by atoms with E-state index in [0.717, 1.165) is 31.4 Å². The quantitative estimate of drug-likeness (QED) is 0.731. The molecule has 1 fully saturated rings. The predicted molar refractivity (Wildman–Crippen MR) is 107 cm³/mol. The van der Waals surface area contributed by atoms with Gasteiger partial charge in [-0.05, 0) is 62.1 Å². The number of sulfonamides is 1. The fourth-order valence-corrected chi connectivity index (χ4v) is 4.12. The van der Waals surface area contributed by atoms with E-state index in [0.29, 0.717) is 10.7 Å². The minimum atomic E-state index is -3.85. The number of benzene rings is 2. The van der Waals surface area contributed by atoms with Crippen molar-refractivity contribution in [2.75, 3.05) is 4.72 Å². The van der Waals surface area contributed by atoms with Gasteiger partial charge in [0.1, 0.15) is 0 Å². The van der Waals surface area contributed by atoms with E-state index in [-0.39, 0.29) is 10.5 Å². The van der Waals surface area contributed by atoms with Gasteiger partial charge in [-0.2, -0.15) is 5.10 Å². The van der Waals surface area contributed by atoms with Crippen LogP contribution < -0.4 is 10.1 Å². The predicted octanol–water partition coefficient (Wildman–Crippen LogP) is 4.19. The summed E-state index contributed by atoms with van der Waals surface area (Å²) in [5, 5.41) is 4.59. The second kappa shape index (κ2) is 8.54. The van der Waals surface area contributed by atoms with Crippen LogP contribution in [0.2, 0.25) is 5.02 Å². The van der Waals surface area contributed by atoms with Gasteiger partial charge in [0.05, 0.1) is 10.6 Å². The molecule has 0 aliphatic heterocycles. The number of halogens is 1. The van der Waals surface area contributed by atoms with Gasteiger partial charge in [0.2, 0.25) is 0 Å². The lowest BCUT2D eigenvalue weighted by Gasteiger charge is -2.12. The van der Waals surface area contributed by atoms with E-state index in [9.17, 15) is 13.2 Å². The summed E-state index contributed by atoms with van der Waals surface area (Å²) in [6.45, 7) is 0. The Morgan fingerprint density at radius 2 is 1.74 bits per heavy atom. The molecule has 6 nitrogen and oxygen atoms in total. The number of carbonyl (C=O) groups is 1. The summed E-state index contributed by atoms with van der Waals surface area (Å²) in [6, 6.07) is 12.2. The highest BCUT2D eigenvalue weighted by Gasteiger charge is 2.17. The third-order valence-corrected chi connectivity index (χ3v) is 5.84. The fraction of sp³-hybridized carbons (Fsp3) is 0.263. The van der Waals surface area contributed by atoms with Crippen molar-refractivity contribution >= 4 is 38.9 Å². The van der Waals surface area contributed by atoms with Gasteiger partial charge >= 0.3 is 0 Å². The minimum absolute atomic E-state index is 0.0135. The Morgan fingerprint density at radius 3 is 2.48 bits per heavy atom. The molecule has 0 radical (unpaired) electrons. The van der Waals surface area contributed by atoms with Crippen molar-refractivity contribution in [1.82, 2.24) is 5.43 Å². The smallest absolute Gasteiger partial charge is 0.271 e. The zero-order chi connectivity index (χ0) is 19.3. The summed E-state index contributed by atoms with van der Waals surface area (Å²) in [5.74, 6) is -0.437. The van der Waals surface area contributed by atoms with Crippen molar-refractivity contribution in [3.8, 4) is 0 Å². The lowest BCUT2D eigenvalue weighted by Crippen LogP contribution is -2.21. The van der Waals surface area contributed by atoms with Crippen LogP contribution in [-0.2, 0) is 10.0 Å². The second-order valence-corrected chi connectivity index (χ2v) is 8.44. The molecular weight excluding hydrogens is 386 g/mol. The molecule has 2 aromatic rings. The molecule has 2 N–H and O–H groups in total. The number of amides is 1. The first kappa shape index (κ1) is 19.4. The van der Waals surface area contributed by atoms with Gasteiger partial charge in [-0.1, -0.05) is 30.2 Å². The van der Waals surface area contributed by atoms with Crippen LogP contribution in [0.15, 0.2) is 58.5 Å². The number of hydrazone groups is 1.